The van der Waals surface area contributed by atoms with Gasteiger partial charge in [0.05, 0.1) is 11.5 Å². The molecule has 1 heterocycles. The highest BCUT2D eigenvalue weighted by molar-refractivity contribution is 8.15. The standard InChI is InChI=1S/C18H14ClN3O3S/c19-13-7-5-11(6-8-13)15(24)9-16-17(25)21-18(26-16)22-20-10-12-3-1-2-4-14(12)23/h1-8,10,16,23H,9H2,(H,21,22,25)/b20-10-/t16-/m1/s1. The molecule has 1 atom stereocenters. The number of ketones is 1. The number of rotatable bonds is 5. The lowest BCUT2D eigenvalue weighted by Crippen LogP contribution is -2.26. The molecular weight excluding hydrogens is 374 g/mol. The number of carbonyl (C=O) groups excluding carboxylic acids is 2. The van der Waals surface area contributed by atoms with Gasteiger partial charge in [0.15, 0.2) is 11.0 Å². The van der Waals surface area contributed by atoms with Gasteiger partial charge in [-0.1, -0.05) is 35.5 Å². The zero-order chi connectivity index (χ0) is 18.5. The largest absolute Gasteiger partial charge is 0.507 e. The number of hydrogen-bond donors (Lipinski definition) is 2. The first kappa shape index (κ1) is 18.2. The predicted octanol–water partition coefficient (Wildman–Crippen LogP) is 3.24. The number of halogens is 1. The summed E-state index contributed by atoms with van der Waals surface area (Å²) < 4.78 is 0. The van der Waals surface area contributed by atoms with Crippen molar-refractivity contribution in [2.75, 3.05) is 0 Å². The fourth-order valence-corrected chi connectivity index (χ4v) is 3.30. The van der Waals surface area contributed by atoms with Crippen molar-refractivity contribution < 1.29 is 14.7 Å². The molecule has 2 aromatic rings. The second-order valence-corrected chi connectivity index (χ2v) is 7.07. The second kappa shape index (κ2) is 8.16. The summed E-state index contributed by atoms with van der Waals surface area (Å²) in [6.07, 6.45) is 1.45. The van der Waals surface area contributed by atoms with Gasteiger partial charge < -0.3 is 10.4 Å². The van der Waals surface area contributed by atoms with Crippen LogP contribution in [0.4, 0.5) is 0 Å². The highest BCUT2D eigenvalue weighted by atomic mass is 35.5. The third kappa shape index (κ3) is 4.50. The molecule has 1 saturated heterocycles. The van der Waals surface area contributed by atoms with Crippen LogP contribution in [0.3, 0.4) is 0 Å². The van der Waals surface area contributed by atoms with E-state index in [0.29, 0.717) is 21.3 Å². The number of Topliss-reactive ketones (excluding diaryl/α,β-unsaturated/α-hetero) is 1. The quantitative estimate of drug-likeness (QED) is 0.468. The molecule has 1 amide bonds. The maximum Gasteiger partial charge on any atom is 0.240 e. The summed E-state index contributed by atoms with van der Waals surface area (Å²) in [4.78, 5) is 24.3. The lowest BCUT2D eigenvalue weighted by atomic mass is 10.1. The molecule has 0 unspecified atom stereocenters. The minimum absolute atomic E-state index is 0.0559. The summed E-state index contributed by atoms with van der Waals surface area (Å²) in [7, 11) is 0. The number of para-hydroxylation sites is 1. The minimum Gasteiger partial charge on any atom is -0.507 e. The Labute approximate surface area is 159 Å². The Morgan fingerprint density at radius 3 is 2.69 bits per heavy atom. The molecule has 0 aromatic heterocycles. The number of amides is 1. The van der Waals surface area contributed by atoms with Crippen molar-refractivity contribution in [1.29, 1.82) is 0 Å². The molecule has 0 radical (unpaired) electrons. The Morgan fingerprint density at radius 1 is 1.23 bits per heavy atom. The monoisotopic (exact) mass is 387 g/mol. The molecular formula is C18H14ClN3O3S. The summed E-state index contributed by atoms with van der Waals surface area (Å²) in [6.45, 7) is 0. The number of carbonyl (C=O) groups is 2. The molecule has 2 aromatic carbocycles. The molecule has 0 bridgehead atoms. The van der Waals surface area contributed by atoms with Gasteiger partial charge in [0.1, 0.15) is 5.75 Å². The number of phenols is 1. The topological polar surface area (TPSA) is 91.1 Å². The van der Waals surface area contributed by atoms with E-state index in [-0.39, 0.29) is 23.9 Å². The fraction of sp³-hybridized carbons (Fsp3) is 0.111. The highest BCUT2D eigenvalue weighted by Crippen LogP contribution is 2.24. The molecule has 26 heavy (non-hydrogen) atoms. The molecule has 132 valence electrons. The zero-order valence-corrected chi connectivity index (χ0v) is 15.0. The number of aromatic hydroxyl groups is 1. The number of nitrogens with zero attached hydrogens (tertiary/aromatic N) is 2. The van der Waals surface area contributed by atoms with E-state index >= 15 is 0 Å². The van der Waals surface area contributed by atoms with Crippen molar-refractivity contribution in [2.45, 2.75) is 11.7 Å². The average Bonchev–Trinajstić information content (AvgIpc) is 2.96. The Hall–Kier alpha value is -2.64. The molecule has 1 fully saturated rings. The lowest BCUT2D eigenvalue weighted by Gasteiger charge is -2.04. The lowest BCUT2D eigenvalue weighted by molar-refractivity contribution is -0.118. The van der Waals surface area contributed by atoms with E-state index in [9.17, 15) is 14.7 Å². The Balaban J connectivity index is 1.62. The van der Waals surface area contributed by atoms with Gasteiger partial charge in [0.25, 0.3) is 0 Å². The van der Waals surface area contributed by atoms with Crippen LogP contribution in [-0.4, -0.2) is 33.4 Å². The number of thioether (sulfide) groups is 1. The summed E-state index contributed by atoms with van der Waals surface area (Å²) in [5.41, 5.74) is 1.02. The fourth-order valence-electron chi connectivity index (χ4n) is 2.25. The van der Waals surface area contributed by atoms with E-state index in [1.807, 2.05) is 0 Å². The summed E-state index contributed by atoms with van der Waals surface area (Å²) in [5.74, 6) is -0.340. The average molecular weight is 388 g/mol. The molecule has 1 aliphatic rings. The van der Waals surface area contributed by atoms with Gasteiger partial charge in [-0.3, -0.25) is 9.59 Å². The molecule has 3 rings (SSSR count). The summed E-state index contributed by atoms with van der Waals surface area (Å²) in [6, 6.07) is 13.2. The maximum atomic E-state index is 12.3. The van der Waals surface area contributed by atoms with Gasteiger partial charge in [-0.2, -0.15) is 5.10 Å². The molecule has 1 aliphatic heterocycles. The molecule has 0 aliphatic carbocycles. The SMILES string of the molecule is O=C(C[C@H]1S/C(=N\N=C/c2ccccc2O)NC1=O)c1ccc(Cl)cc1. The molecule has 0 spiro atoms. The van der Waals surface area contributed by atoms with Gasteiger partial charge in [-0.25, -0.2) is 0 Å². The third-order valence-corrected chi connectivity index (χ3v) is 4.92. The van der Waals surface area contributed by atoms with Crippen molar-refractivity contribution in [3.05, 3.63) is 64.7 Å². The maximum absolute atomic E-state index is 12.3. The van der Waals surface area contributed by atoms with Gasteiger partial charge in [-0.15, -0.1) is 5.10 Å². The van der Waals surface area contributed by atoms with E-state index < -0.39 is 5.25 Å². The summed E-state index contributed by atoms with van der Waals surface area (Å²) >= 11 is 6.96. The van der Waals surface area contributed by atoms with Crippen LogP contribution in [0.1, 0.15) is 22.3 Å². The van der Waals surface area contributed by atoms with Gasteiger partial charge >= 0.3 is 0 Å². The first-order valence-electron chi connectivity index (χ1n) is 7.68. The Morgan fingerprint density at radius 2 is 1.96 bits per heavy atom. The Bertz CT molecular complexity index is 897. The number of amidine groups is 1. The molecule has 2 N–H and O–H groups in total. The van der Waals surface area contributed by atoms with Gasteiger partial charge in [0, 0.05) is 22.6 Å². The van der Waals surface area contributed by atoms with Crippen molar-refractivity contribution in [3.63, 3.8) is 0 Å². The van der Waals surface area contributed by atoms with E-state index in [1.54, 1.807) is 48.5 Å². The number of nitrogens with one attached hydrogen (secondary N) is 1. The van der Waals surface area contributed by atoms with Crippen LogP contribution in [0.25, 0.3) is 0 Å². The van der Waals surface area contributed by atoms with Crippen LogP contribution in [0.5, 0.6) is 5.75 Å². The predicted molar refractivity (Wildman–Crippen MR) is 103 cm³/mol. The molecule has 0 saturated carbocycles. The highest BCUT2D eigenvalue weighted by Gasteiger charge is 2.32. The minimum atomic E-state index is -0.558. The van der Waals surface area contributed by atoms with Crippen LogP contribution in [-0.2, 0) is 4.79 Å². The van der Waals surface area contributed by atoms with E-state index in [0.717, 1.165) is 11.8 Å². The van der Waals surface area contributed by atoms with Crippen LogP contribution in [0.15, 0.2) is 58.7 Å². The van der Waals surface area contributed by atoms with Crippen molar-refractivity contribution >= 4 is 46.4 Å². The van der Waals surface area contributed by atoms with Gasteiger partial charge in [-0.05, 0) is 36.4 Å². The molecule has 6 nitrogen and oxygen atoms in total. The van der Waals surface area contributed by atoms with Crippen molar-refractivity contribution in [1.82, 2.24) is 5.32 Å². The number of benzene rings is 2. The van der Waals surface area contributed by atoms with Crippen LogP contribution >= 0.6 is 23.4 Å². The van der Waals surface area contributed by atoms with Crippen molar-refractivity contribution in [3.8, 4) is 5.75 Å². The van der Waals surface area contributed by atoms with Crippen LogP contribution in [0.2, 0.25) is 5.02 Å². The number of phenolic OH excluding ortho intramolecular Hbond substituents is 1. The van der Waals surface area contributed by atoms with Crippen LogP contribution in [0, 0.1) is 0 Å². The van der Waals surface area contributed by atoms with E-state index in [4.69, 9.17) is 11.6 Å². The van der Waals surface area contributed by atoms with E-state index in [1.165, 1.54) is 6.21 Å². The zero-order valence-electron chi connectivity index (χ0n) is 13.4. The third-order valence-electron chi connectivity index (χ3n) is 3.60. The first-order chi connectivity index (χ1) is 12.5. The normalized spacial score (nSPS) is 18.4. The Kier molecular flexibility index (Phi) is 5.70. The second-order valence-electron chi connectivity index (χ2n) is 5.44. The molecule has 8 heteroatoms. The van der Waals surface area contributed by atoms with Crippen LogP contribution < -0.4 is 5.32 Å². The summed E-state index contributed by atoms with van der Waals surface area (Å²) in [5, 5.41) is 20.3. The van der Waals surface area contributed by atoms with E-state index in [2.05, 4.69) is 15.5 Å². The number of hydrogen-bond acceptors (Lipinski definition) is 6. The van der Waals surface area contributed by atoms with Crippen molar-refractivity contribution in [2.24, 2.45) is 10.2 Å². The van der Waals surface area contributed by atoms with Gasteiger partial charge in [0.2, 0.25) is 5.91 Å². The first-order valence-corrected chi connectivity index (χ1v) is 8.94. The smallest absolute Gasteiger partial charge is 0.240 e.